The molecule has 1 heterocycles. The molecule has 118 valence electrons. The van der Waals surface area contributed by atoms with Crippen LogP contribution >= 0.6 is 0 Å². The van der Waals surface area contributed by atoms with E-state index in [1.807, 2.05) is 54.6 Å². The predicted octanol–water partition coefficient (Wildman–Crippen LogP) is 3.39. The summed E-state index contributed by atoms with van der Waals surface area (Å²) >= 11 is 0. The van der Waals surface area contributed by atoms with E-state index < -0.39 is 0 Å². The van der Waals surface area contributed by atoms with Crippen molar-refractivity contribution in [3.05, 3.63) is 65.7 Å². The van der Waals surface area contributed by atoms with Gasteiger partial charge in [0.25, 0.3) is 0 Å². The van der Waals surface area contributed by atoms with E-state index in [1.165, 1.54) is 7.11 Å². The lowest BCUT2D eigenvalue weighted by molar-refractivity contribution is -0.141. The summed E-state index contributed by atoms with van der Waals surface area (Å²) in [6.45, 7) is 0.547. The Morgan fingerprint density at radius 3 is 2.57 bits per heavy atom. The van der Waals surface area contributed by atoms with Crippen molar-refractivity contribution < 1.29 is 14.3 Å². The molecule has 1 aliphatic heterocycles. The largest absolute Gasteiger partial charge is 0.489 e. The summed E-state index contributed by atoms with van der Waals surface area (Å²) in [5.41, 5.74) is 3.12. The Morgan fingerprint density at radius 2 is 1.87 bits per heavy atom. The van der Waals surface area contributed by atoms with E-state index >= 15 is 0 Å². The molecule has 0 unspecified atom stereocenters. The van der Waals surface area contributed by atoms with Crippen molar-refractivity contribution in [2.75, 3.05) is 7.11 Å². The summed E-state index contributed by atoms with van der Waals surface area (Å²) in [7, 11) is 1.40. The molecule has 23 heavy (non-hydrogen) atoms. The van der Waals surface area contributed by atoms with Gasteiger partial charge in [0.1, 0.15) is 18.4 Å². The first-order chi connectivity index (χ1) is 11.3. The monoisotopic (exact) mass is 309 g/mol. The molecule has 0 saturated heterocycles. The Balaban J connectivity index is 1.62. The molecular weight excluding hydrogens is 290 g/mol. The van der Waals surface area contributed by atoms with Crippen LogP contribution in [0.3, 0.4) is 0 Å². The van der Waals surface area contributed by atoms with Crippen molar-refractivity contribution in [2.45, 2.75) is 25.5 Å². The number of methoxy groups -OCH3 is 1. The summed E-state index contributed by atoms with van der Waals surface area (Å²) in [4.78, 5) is 16.0. The Bertz CT molecular complexity index is 692. The van der Waals surface area contributed by atoms with Crippen LogP contribution < -0.4 is 4.74 Å². The number of carbonyl (C=O) groups is 1. The molecule has 0 saturated carbocycles. The van der Waals surface area contributed by atoms with Gasteiger partial charge in [0.2, 0.25) is 0 Å². The van der Waals surface area contributed by atoms with Crippen LogP contribution in [0.5, 0.6) is 5.75 Å². The van der Waals surface area contributed by atoms with E-state index in [-0.39, 0.29) is 12.0 Å². The van der Waals surface area contributed by atoms with Crippen molar-refractivity contribution in [1.82, 2.24) is 0 Å². The lowest BCUT2D eigenvalue weighted by atomic mass is 10.1. The summed E-state index contributed by atoms with van der Waals surface area (Å²) in [5.74, 6) is 0.559. The molecule has 1 atom stereocenters. The first-order valence-electron chi connectivity index (χ1n) is 7.68. The van der Waals surface area contributed by atoms with Gasteiger partial charge in [0.15, 0.2) is 0 Å². The van der Waals surface area contributed by atoms with Crippen LogP contribution in [-0.2, 0) is 16.1 Å². The van der Waals surface area contributed by atoms with Gasteiger partial charge in [-0.3, -0.25) is 4.99 Å². The second-order valence-electron chi connectivity index (χ2n) is 5.45. The van der Waals surface area contributed by atoms with Gasteiger partial charge >= 0.3 is 5.97 Å². The highest BCUT2D eigenvalue weighted by atomic mass is 16.5. The molecule has 2 aromatic rings. The average molecular weight is 309 g/mol. The number of rotatable bonds is 5. The number of nitrogens with zero attached hydrogens (tertiary/aromatic N) is 1. The van der Waals surface area contributed by atoms with Crippen LogP contribution in [0.25, 0.3) is 0 Å². The molecule has 4 heteroatoms. The Labute approximate surface area is 135 Å². The molecule has 0 bridgehead atoms. The molecule has 0 spiro atoms. The summed E-state index contributed by atoms with van der Waals surface area (Å²) in [5, 5.41) is 0. The van der Waals surface area contributed by atoms with Gasteiger partial charge in [-0.1, -0.05) is 30.3 Å². The molecule has 2 aromatic carbocycles. The van der Waals surface area contributed by atoms with Crippen molar-refractivity contribution in [3.63, 3.8) is 0 Å². The fourth-order valence-electron chi connectivity index (χ4n) is 2.60. The Hall–Kier alpha value is -2.62. The van der Waals surface area contributed by atoms with Gasteiger partial charge in [-0.2, -0.15) is 0 Å². The molecule has 3 rings (SSSR count). The zero-order valence-corrected chi connectivity index (χ0v) is 13.1. The average Bonchev–Trinajstić information content (AvgIpc) is 3.11. The van der Waals surface area contributed by atoms with Crippen molar-refractivity contribution in [3.8, 4) is 5.75 Å². The number of hydrogen-bond donors (Lipinski definition) is 0. The third-order valence-corrected chi connectivity index (χ3v) is 3.88. The number of carbonyl (C=O) groups excluding carboxylic acids is 1. The summed E-state index contributed by atoms with van der Waals surface area (Å²) in [6, 6.07) is 17.5. The molecule has 0 fully saturated rings. The van der Waals surface area contributed by atoms with Crippen molar-refractivity contribution in [2.24, 2.45) is 4.99 Å². The fourth-order valence-corrected chi connectivity index (χ4v) is 2.60. The van der Waals surface area contributed by atoms with E-state index in [0.717, 1.165) is 29.0 Å². The van der Waals surface area contributed by atoms with Crippen LogP contribution in [0, 0.1) is 0 Å². The summed E-state index contributed by atoms with van der Waals surface area (Å²) < 4.78 is 10.5. The highest BCUT2D eigenvalue weighted by Gasteiger charge is 2.25. The fraction of sp³-hybridized carbons (Fsp3) is 0.263. The van der Waals surface area contributed by atoms with Gasteiger partial charge in [0.05, 0.1) is 7.11 Å². The SMILES string of the molecule is COC(=O)[C@H]1CCC(c2ccc(OCc3ccccc3)cc2)=N1. The Kier molecular flexibility index (Phi) is 4.71. The molecule has 0 radical (unpaired) electrons. The number of ether oxygens (including phenoxy) is 2. The topological polar surface area (TPSA) is 47.9 Å². The zero-order chi connectivity index (χ0) is 16.1. The molecule has 0 aromatic heterocycles. The molecular formula is C19H19NO3. The van der Waals surface area contributed by atoms with E-state index in [9.17, 15) is 4.79 Å². The minimum absolute atomic E-state index is 0.261. The van der Waals surface area contributed by atoms with E-state index in [2.05, 4.69) is 4.99 Å². The maximum absolute atomic E-state index is 11.5. The van der Waals surface area contributed by atoms with Crippen LogP contribution in [0.4, 0.5) is 0 Å². The van der Waals surface area contributed by atoms with Crippen LogP contribution in [0.15, 0.2) is 59.6 Å². The maximum Gasteiger partial charge on any atom is 0.330 e. The minimum Gasteiger partial charge on any atom is -0.489 e. The second-order valence-corrected chi connectivity index (χ2v) is 5.45. The third kappa shape index (κ3) is 3.77. The predicted molar refractivity (Wildman–Crippen MR) is 88.8 cm³/mol. The lowest BCUT2D eigenvalue weighted by Crippen LogP contribution is -2.16. The Morgan fingerprint density at radius 1 is 1.13 bits per heavy atom. The quantitative estimate of drug-likeness (QED) is 0.795. The molecule has 0 N–H and O–H groups in total. The number of aliphatic imine (C=N–C) groups is 1. The van der Waals surface area contributed by atoms with Crippen molar-refractivity contribution >= 4 is 11.7 Å². The van der Waals surface area contributed by atoms with Gasteiger partial charge in [-0.25, -0.2) is 4.79 Å². The van der Waals surface area contributed by atoms with E-state index in [4.69, 9.17) is 9.47 Å². The highest BCUT2D eigenvalue weighted by Crippen LogP contribution is 2.22. The second kappa shape index (κ2) is 7.09. The first kappa shape index (κ1) is 15.3. The van der Waals surface area contributed by atoms with E-state index in [1.54, 1.807) is 0 Å². The van der Waals surface area contributed by atoms with E-state index in [0.29, 0.717) is 13.0 Å². The normalized spacial score (nSPS) is 16.7. The molecule has 0 amide bonds. The van der Waals surface area contributed by atoms with Crippen LogP contribution in [0.1, 0.15) is 24.0 Å². The summed E-state index contributed by atoms with van der Waals surface area (Å²) in [6.07, 6.45) is 1.51. The highest BCUT2D eigenvalue weighted by molar-refractivity contribution is 6.03. The molecule has 0 aliphatic carbocycles. The minimum atomic E-state index is -0.357. The van der Waals surface area contributed by atoms with Gasteiger partial charge in [0, 0.05) is 5.71 Å². The van der Waals surface area contributed by atoms with Gasteiger partial charge in [-0.05, 0) is 48.2 Å². The first-order valence-corrected chi connectivity index (χ1v) is 7.68. The van der Waals surface area contributed by atoms with Gasteiger partial charge < -0.3 is 9.47 Å². The smallest absolute Gasteiger partial charge is 0.330 e. The number of esters is 1. The lowest BCUT2D eigenvalue weighted by Gasteiger charge is -2.07. The number of hydrogen-bond acceptors (Lipinski definition) is 4. The number of benzene rings is 2. The molecule has 4 nitrogen and oxygen atoms in total. The van der Waals surface area contributed by atoms with Crippen LogP contribution in [0.2, 0.25) is 0 Å². The molecule has 1 aliphatic rings. The third-order valence-electron chi connectivity index (χ3n) is 3.88. The van der Waals surface area contributed by atoms with Crippen molar-refractivity contribution in [1.29, 1.82) is 0 Å². The van der Waals surface area contributed by atoms with Crippen LogP contribution in [-0.4, -0.2) is 24.8 Å². The zero-order valence-electron chi connectivity index (χ0n) is 13.1. The standard InChI is InChI=1S/C19H19NO3/c1-22-19(21)18-12-11-17(20-18)15-7-9-16(10-8-15)23-13-14-5-3-2-4-6-14/h2-10,18H,11-13H2,1H3/t18-/m1/s1. The maximum atomic E-state index is 11.5. The van der Waals surface area contributed by atoms with Gasteiger partial charge in [-0.15, -0.1) is 0 Å².